The van der Waals surface area contributed by atoms with E-state index in [-0.39, 0.29) is 28.2 Å². The highest BCUT2D eigenvalue weighted by Crippen LogP contribution is 2.65. The zero-order valence-electron chi connectivity index (χ0n) is 20.4. The number of carbonyl (C=O) groups is 3. The number of halogens is 9. The van der Waals surface area contributed by atoms with Crippen molar-refractivity contribution < 1.29 is 31.9 Å². The molecule has 0 saturated heterocycles. The second-order valence-electron chi connectivity index (χ2n) is 9.07. The molecule has 41 heavy (non-hydrogen) atoms. The van der Waals surface area contributed by atoms with Gasteiger partial charge in [0.1, 0.15) is 15.8 Å². The Bertz CT molecular complexity index is 1580. The van der Waals surface area contributed by atoms with Crippen molar-refractivity contribution in [2.75, 3.05) is 16.0 Å². The monoisotopic (exact) mass is 669 g/mol. The molecule has 6 nitrogen and oxygen atoms in total. The lowest BCUT2D eigenvalue weighted by Crippen LogP contribution is -2.32. The van der Waals surface area contributed by atoms with Crippen molar-refractivity contribution in [3.63, 3.8) is 0 Å². The predicted octanol–water partition coefficient (Wildman–Crippen LogP) is 8.30. The summed E-state index contributed by atoms with van der Waals surface area (Å²) >= 11 is 30.9. The van der Waals surface area contributed by atoms with E-state index in [1.807, 2.05) is 0 Å². The van der Waals surface area contributed by atoms with E-state index in [9.17, 15) is 31.9 Å². The fourth-order valence-corrected chi connectivity index (χ4v) is 5.29. The van der Waals surface area contributed by atoms with Crippen LogP contribution in [0.4, 0.5) is 34.6 Å². The Labute approximate surface area is 255 Å². The smallest absolute Gasteiger partial charge is 0.322 e. The summed E-state index contributed by atoms with van der Waals surface area (Å²) in [5, 5.41) is 6.63. The van der Waals surface area contributed by atoms with Gasteiger partial charge >= 0.3 is 5.92 Å². The Morgan fingerprint density at radius 3 is 2.15 bits per heavy atom. The predicted molar refractivity (Wildman–Crippen MR) is 151 cm³/mol. The van der Waals surface area contributed by atoms with Crippen LogP contribution in [0.25, 0.3) is 0 Å². The van der Waals surface area contributed by atoms with Gasteiger partial charge in [0.2, 0.25) is 5.91 Å². The quantitative estimate of drug-likeness (QED) is 0.175. The molecule has 1 aliphatic carbocycles. The summed E-state index contributed by atoms with van der Waals surface area (Å²) in [6.07, 6.45) is 0. The third kappa shape index (κ3) is 6.52. The highest BCUT2D eigenvalue weighted by Gasteiger charge is 2.67. The molecule has 2 atom stereocenters. The minimum atomic E-state index is -3.93. The average molecular weight is 672 g/mol. The van der Waals surface area contributed by atoms with E-state index < -0.39 is 62.8 Å². The SMILES string of the molecule is CC(F)(F)C(=O)Nc1c(F)ccc(NC(=O)c2cc(NC(=O)[C@H]3[C@H](c4ccc(Cl)c(Cl)c4)C3(Cl)Cl)ccc2Cl)c1F. The number of hydrogen-bond donors (Lipinski definition) is 3. The molecule has 1 aliphatic rings. The first kappa shape index (κ1) is 31.2. The summed E-state index contributed by atoms with van der Waals surface area (Å²) < 4.78 is 53.9. The van der Waals surface area contributed by atoms with E-state index >= 15 is 0 Å². The van der Waals surface area contributed by atoms with E-state index in [0.29, 0.717) is 16.7 Å². The third-order valence-corrected chi connectivity index (χ3v) is 8.10. The number of benzene rings is 3. The molecule has 1 saturated carbocycles. The second-order valence-corrected chi connectivity index (χ2v) is 11.7. The van der Waals surface area contributed by atoms with Gasteiger partial charge in [-0.25, -0.2) is 8.78 Å². The molecular weight excluding hydrogens is 656 g/mol. The molecule has 0 bridgehead atoms. The van der Waals surface area contributed by atoms with Crippen LogP contribution in [-0.2, 0) is 9.59 Å². The number of nitrogens with one attached hydrogen (secondary N) is 3. The maximum Gasteiger partial charge on any atom is 0.322 e. The number of amides is 3. The average Bonchev–Trinajstić information content (AvgIpc) is 3.47. The van der Waals surface area contributed by atoms with Crippen molar-refractivity contribution in [2.45, 2.75) is 23.1 Å². The fraction of sp³-hybridized carbons (Fsp3) is 0.192. The topological polar surface area (TPSA) is 87.3 Å². The van der Waals surface area contributed by atoms with Gasteiger partial charge in [0.25, 0.3) is 11.8 Å². The van der Waals surface area contributed by atoms with E-state index in [2.05, 4.69) is 10.6 Å². The normalized spacial score (nSPS) is 17.5. The van der Waals surface area contributed by atoms with Gasteiger partial charge in [0, 0.05) is 18.5 Å². The number of carbonyl (C=O) groups excluding carboxylic acids is 3. The van der Waals surface area contributed by atoms with E-state index in [4.69, 9.17) is 58.0 Å². The van der Waals surface area contributed by atoms with Crippen LogP contribution in [0.3, 0.4) is 0 Å². The van der Waals surface area contributed by atoms with Crippen LogP contribution in [-0.4, -0.2) is 28.0 Å². The molecule has 0 aromatic heterocycles. The van der Waals surface area contributed by atoms with Crippen molar-refractivity contribution in [1.82, 2.24) is 0 Å². The van der Waals surface area contributed by atoms with Crippen LogP contribution < -0.4 is 16.0 Å². The summed E-state index contributed by atoms with van der Waals surface area (Å²) in [5.41, 5.74) is -1.38. The van der Waals surface area contributed by atoms with Gasteiger partial charge in [-0.05, 0) is 48.0 Å². The van der Waals surface area contributed by atoms with Crippen molar-refractivity contribution in [3.05, 3.63) is 86.4 Å². The van der Waals surface area contributed by atoms with Gasteiger partial charge in [-0.15, -0.1) is 23.2 Å². The van der Waals surface area contributed by atoms with E-state index in [1.54, 1.807) is 18.2 Å². The molecule has 4 rings (SSSR count). The van der Waals surface area contributed by atoms with E-state index in [0.717, 1.165) is 6.07 Å². The van der Waals surface area contributed by atoms with Crippen molar-refractivity contribution in [2.24, 2.45) is 5.92 Å². The Hall–Kier alpha value is -2.76. The summed E-state index contributed by atoms with van der Waals surface area (Å²) in [6, 6.07) is 10.0. The number of rotatable bonds is 7. The van der Waals surface area contributed by atoms with Crippen LogP contribution in [0.2, 0.25) is 15.1 Å². The van der Waals surface area contributed by atoms with Gasteiger partial charge < -0.3 is 16.0 Å². The molecule has 3 amide bonds. The van der Waals surface area contributed by atoms with Crippen LogP contribution >= 0.6 is 58.0 Å². The Morgan fingerprint density at radius 2 is 1.51 bits per heavy atom. The summed E-state index contributed by atoms with van der Waals surface area (Å²) in [4.78, 5) is 37.4. The molecule has 15 heteroatoms. The number of alkyl halides is 4. The molecule has 3 N–H and O–H groups in total. The lowest BCUT2D eigenvalue weighted by Gasteiger charge is -2.15. The highest BCUT2D eigenvalue weighted by atomic mass is 35.5. The molecule has 216 valence electrons. The Morgan fingerprint density at radius 1 is 0.854 bits per heavy atom. The summed E-state index contributed by atoms with van der Waals surface area (Å²) in [6.45, 7) is 0.245. The van der Waals surface area contributed by atoms with Crippen LogP contribution in [0.5, 0.6) is 0 Å². The van der Waals surface area contributed by atoms with Crippen molar-refractivity contribution in [1.29, 1.82) is 0 Å². The van der Waals surface area contributed by atoms with Gasteiger partial charge in [0.05, 0.1) is 32.2 Å². The first-order valence-electron chi connectivity index (χ1n) is 11.4. The minimum absolute atomic E-state index is 0.103. The largest absolute Gasteiger partial charge is 0.326 e. The summed E-state index contributed by atoms with van der Waals surface area (Å²) in [5.74, 6) is -11.8. The van der Waals surface area contributed by atoms with Crippen LogP contribution in [0.1, 0.15) is 28.8 Å². The molecule has 0 radical (unpaired) electrons. The first-order chi connectivity index (χ1) is 19.0. The van der Waals surface area contributed by atoms with Gasteiger partial charge in [0.15, 0.2) is 5.82 Å². The molecule has 0 aliphatic heterocycles. The molecule has 1 fully saturated rings. The van der Waals surface area contributed by atoms with Gasteiger partial charge in [-0.1, -0.05) is 40.9 Å². The Kier molecular flexibility index (Phi) is 8.74. The van der Waals surface area contributed by atoms with Crippen LogP contribution in [0.15, 0.2) is 48.5 Å². The standard InChI is InChI=1S/C26H16Cl5F4N3O3/c1-25(34,35)24(41)38-21-16(32)6-7-17(20(21)33)37-22(39)12-9-11(3-5-13(12)27)36-23(40)19-18(26(19,30)31)10-2-4-14(28)15(29)8-10/h2-9,18-19H,1H3,(H,36,40)(H,37,39)(H,38,41)/t18-,19+/m0/s1. The number of hydrogen-bond acceptors (Lipinski definition) is 3. The first-order valence-corrected chi connectivity index (χ1v) is 13.3. The zero-order chi connectivity index (χ0) is 30.4. The second kappa shape index (κ2) is 11.5. The maximum absolute atomic E-state index is 14.9. The van der Waals surface area contributed by atoms with Crippen molar-refractivity contribution in [3.8, 4) is 0 Å². The minimum Gasteiger partial charge on any atom is -0.326 e. The van der Waals surface area contributed by atoms with Gasteiger partial charge in [-0.2, -0.15) is 8.78 Å². The summed E-state index contributed by atoms with van der Waals surface area (Å²) in [7, 11) is 0. The molecule has 3 aromatic carbocycles. The van der Waals surface area contributed by atoms with Gasteiger partial charge in [-0.3, -0.25) is 14.4 Å². The Balaban J connectivity index is 1.52. The van der Waals surface area contributed by atoms with E-state index in [1.165, 1.54) is 23.5 Å². The fourth-order valence-electron chi connectivity index (χ4n) is 3.95. The lowest BCUT2D eigenvalue weighted by molar-refractivity contribution is -0.137. The zero-order valence-corrected chi connectivity index (χ0v) is 24.2. The highest BCUT2D eigenvalue weighted by molar-refractivity contribution is 6.53. The third-order valence-electron chi connectivity index (χ3n) is 6.09. The molecule has 0 spiro atoms. The lowest BCUT2D eigenvalue weighted by atomic mass is 10.1. The number of anilines is 3. The molecule has 0 heterocycles. The van der Waals surface area contributed by atoms with Crippen LogP contribution in [0, 0.1) is 17.6 Å². The maximum atomic E-state index is 14.9. The molecule has 3 aromatic rings. The molecule has 0 unspecified atom stereocenters. The molecular formula is C26H16Cl5F4N3O3. The van der Waals surface area contributed by atoms with Crippen molar-refractivity contribution >= 4 is 92.8 Å².